The fourth-order valence-corrected chi connectivity index (χ4v) is 3.05. The number of benzene rings is 2. The maximum atomic E-state index is 12.5. The molecule has 0 amide bonds. The van der Waals surface area contributed by atoms with Crippen LogP contribution in [0.3, 0.4) is 0 Å². The van der Waals surface area contributed by atoms with E-state index in [1.807, 2.05) is 55.6 Å². The summed E-state index contributed by atoms with van der Waals surface area (Å²) < 4.78 is 1.49. The molecule has 2 aromatic carbocycles. The third-order valence-electron chi connectivity index (χ3n) is 4.35. The molecule has 0 spiro atoms. The molecule has 2 aromatic heterocycles. The number of H-pyrrole nitrogens is 1. The van der Waals surface area contributed by atoms with Crippen LogP contribution in [-0.4, -0.2) is 14.6 Å². The summed E-state index contributed by atoms with van der Waals surface area (Å²) in [4.78, 5) is 17.3. The normalized spacial score (nSPS) is 11.1. The predicted octanol–water partition coefficient (Wildman–Crippen LogP) is 3.97. The lowest BCUT2D eigenvalue weighted by molar-refractivity contribution is 0.901. The summed E-state index contributed by atoms with van der Waals surface area (Å²) in [6.07, 6.45) is 1.84. The largest absolute Gasteiger partial charge is 0.296 e. The standard InChI is InChI=1S/C20H17N3O/c1-13-7-3-5-9-15(13)17-12-21-23-19(24)11-18(22-20(17)23)16-10-6-4-8-14(16)2/h3-12,21H,1-2H3. The molecule has 0 aliphatic rings. The Labute approximate surface area is 139 Å². The van der Waals surface area contributed by atoms with Gasteiger partial charge in [0.25, 0.3) is 5.56 Å². The van der Waals surface area contributed by atoms with Crippen molar-refractivity contribution in [2.75, 3.05) is 0 Å². The van der Waals surface area contributed by atoms with E-state index in [0.29, 0.717) is 11.3 Å². The Morgan fingerprint density at radius 3 is 2.17 bits per heavy atom. The number of fused-ring (bicyclic) bond motifs is 1. The van der Waals surface area contributed by atoms with E-state index in [4.69, 9.17) is 4.98 Å². The van der Waals surface area contributed by atoms with E-state index in [1.54, 1.807) is 6.07 Å². The number of hydrogen-bond acceptors (Lipinski definition) is 2. The third-order valence-corrected chi connectivity index (χ3v) is 4.35. The Bertz CT molecular complexity index is 1110. The molecule has 2 heterocycles. The van der Waals surface area contributed by atoms with Crippen LogP contribution in [0.1, 0.15) is 11.1 Å². The molecule has 0 fully saturated rings. The summed E-state index contributed by atoms with van der Waals surface area (Å²) in [7, 11) is 0. The minimum absolute atomic E-state index is 0.113. The monoisotopic (exact) mass is 315 g/mol. The van der Waals surface area contributed by atoms with E-state index in [-0.39, 0.29) is 5.56 Å². The van der Waals surface area contributed by atoms with Crippen molar-refractivity contribution in [3.8, 4) is 22.4 Å². The van der Waals surface area contributed by atoms with Gasteiger partial charge in [-0.25, -0.2) is 9.50 Å². The quantitative estimate of drug-likeness (QED) is 0.608. The Morgan fingerprint density at radius 2 is 1.50 bits per heavy atom. The summed E-state index contributed by atoms with van der Waals surface area (Å²) in [5.74, 6) is 0. The Hall–Kier alpha value is -3.14. The van der Waals surface area contributed by atoms with Gasteiger partial charge >= 0.3 is 0 Å². The average molecular weight is 315 g/mol. The van der Waals surface area contributed by atoms with Gasteiger partial charge in [-0.15, -0.1) is 0 Å². The van der Waals surface area contributed by atoms with Crippen molar-refractivity contribution in [3.63, 3.8) is 0 Å². The van der Waals surface area contributed by atoms with Crippen LogP contribution in [0.4, 0.5) is 0 Å². The molecule has 0 aliphatic heterocycles. The summed E-state index contributed by atoms with van der Waals surface area (Å²) in [6, 6.07) is 17.7. The van der Waals surface area contributed by atoms with Gasteiger partial charge in [0.05, 0.1) is 5.69 Å². The molecule has 0 unspecified atom stereocenters. The molecule has 1 N–H and O–H groups in total. The number of hydrogen-bond donors (Lipinski definition) is 1. The van der Waals surface area contributed by atoms with E-state index in [1.165, 1.54) is 4.52 Å². The molecule has 0 atom stereocenters. The van der Waals surface area contributed by atoms with Crippen molar-refractivity contribution in [1.29, 1.82) is 0 Å². The summed E-state index contributed by atoms with van der Waals surface area (Å²) >= 11 is 0. The number of nitrogens with one attached hydrogen (secondary N) is 1. The topological polar surface area (TPSA) is 50.2 Å². The summed E-state index contributed by atoms with van der Waals surface area (Å²) in [6.45, 7) is 4.08. The van der Waals surface area contributed by atoms with Crippen molar-refractivity contribution < 1.29 is 0 Å². The molecule has 4 heteroatoms. The van der Waals surface area contributed by atoms with E-state index in [2.05, 4.69) is 18.1 Å². The first kappa shape index (κ1) is 14.5. The van der Waals surface area contributed by atoms with Gasteiger partial charge in [0, 0.05) is 23.4 Å². The van der Waals surface area contributed by atoms with Gasteiger partial charge < -0.3 is 0 Å². The fraction of sp³-hybridized carbons (Fsp3) is 0.100. The Kier molecular flexibility index (Phi) is 3.31. The van der Waals surface area contributed by atoms with Gasteiger partial charge in [0.15, 0.2) is 5.65 Å². The lowest BCUT2D eigenvalue weighted by Crippen LogP contribution is -2.14. The van der Waals surface area contributed by atoms with Gasteiger partial charge in [0.2, 0.25) is 0 Å². The zero-order chi connectivity index (χ0) is 16.7. The highest BCUT2D eigenvalue weighted by atomic mass is 16.1. The van der Waals surface area contributed by atoms with Crippen LogP contribution in [0.15, 0.2) is 65.6 Å². The van der Waals surface area contributed by atoms with Crippen LogP contribution in [0, 0.1) is 13.8 Å². The highest BCUT2D eigenvalue weighted by Gasteiger charge is 2.13. The number of rotatable bonds is 2. The fourth-order valence-electron chi connectivity index (χ4n) is 3.05. The first-order chi connectivity index (χ1) is 11.6. The third kappa shape index (κ3) is 2.24. The second kappa shape index (κ2) is 5.49. The van der Waals surface area contributed by atoms with Crippen molar-refractivity contribution >= 4 is 5.65 Å². The number of aryl methyl sites for hydroxylation is 2. The minimum atomic E-state index is -0.113. The summed E-state index contributed by atoms with van der Waals surface area (Å²) in [5, 5.41) is 3.02. The van der Waals surface area contributed by atoms with Crippen LogP contribution in [0.25, 0.3) is 28.0 Å². The second-order valence-electron chi connectivity index (χ2n) is 5.96. The van der Waals surface area contributed by atoms with E-state index >= 15 is 0 Å². The number of aromatic amines is 1. The first-order valence-corrected chi connectivity index (χ1v) is 7.88. The average Bonchev–Trinajstić information content (AvgIpc) is 3.00. The van der Waals surface area contributed by atoms with Crippen LogP contribution >= 0.6 is 0 Å². The molecule has 118 valence electrons. The van der Waals surface area contributed by atoms with E-state index in [9.17, 15) is 4.79 Å². The van der Waals surface area contributed by atoms with Gasteiger partial charge in [0.1, 0.15) is 0 Å². The number of aromatic nitrogens is 3. The molecule has 0 radical (unpaired) electrons. The van der Waals surface area contributed by atoms with E-state index in [0.717, 1.165) is 27.8 Å². The molecule has 4 aromatic rings. The van der Waals surface area contributed by atoms with Crippen LogP contribution in [0.2, 0.25) is 0 Å². The highest BCUT2D eigenvalue weighted by Crippen LogP contribution is 2.27. The molecule has 24 heavy (non-hydrogen) atoms. The van der Waals surface area contributed by atoms with Crippen molar-refractivity contribution in [2.45, 2.75) is 13.8 Å². The van der Waals surface area contributed by atoms with Crippen molar-refractivity contribution in [3.05, 3.63) is 82.3 Å². The van der Waals surface area contributed by atoms with Gasteiger partial charge in [-0.3, -0.25) is 9.89 Å². The zero-order valence-corrected chi connectivity index (χ0v) is 13.6. The smallest absolute Gasteiger partial charge is 0.273 e. The van der Waals surface area contributed by atoms with Crippen LogP contribution in [-0.2, 0) is 0 Å². The Morgan fingerprint density at radius 1 is 0.875 bits per heavy atom. The minimum Gasteiger partial charge on any atom is -0.296 e. The van der Waals surface area contributed by atoms with Gasteiger partial charge in [-0.1, -0.05) is 48.5 Å². The molecule has 0 bridgehead atoms. The molecular formula is C20H17N3O. The first-order valence-electron chi connectivity index (χ1n) is 7.88. The second-order valence-corrected chi connectivity index (χ2v) is 5.96. The molecule has 4 nitrogen and oxygen atoms in total. The van der Waals surface area contributed by atoms with Gasteiger partial charge in [-0.05, 0) is 30.5 Å². The zero-order valence-electron chi connectivity index (χ0n) is 13.6. The molecule has 0 aliphatic carbocycles. The predicted molar refractivity (Wildman–Crippen MR) is 96.2 cm³/mol. The van der Waals surface area contributed by atoms with E-state index < -0.39 is 0 Å². The lowest BCUT2D eigenvalue weighted by Gasteiger charge is -2.07. The van der Waals surface area contributed by atoms with Crippen LogP contribution in [0.5, 0.6) is 0 Å². The molecule has 0 saturated carbocycles. The van der Waals surface area contributed by atoms with Gasteiger partial charge in [-0.2, -0.15) is 0 Å². The van der Waals surface area contributed by atoms with Crippen molar-refractivity contribution in [2.24, 2.45) is 0 Å². The SMILES string of the molecule is Cc1ccccc1-c1cc(=O)n2[nH]cc(-c3ccccc3C)c2n1. The molecule has 0 saturated heterocycles. The maximum Gasteiger partial charge on any atom is 0.273 e. The summed E-state index contributed by atoms with van der Waals surface area (Å²) in [5.41, 5.74) is 6.47. The molecule has 4 rings (SSSR count). The van der Waals surface area contributed by atoms with Crippen LogP contribution < -0.4 is 5.56 Å². The highest BCUT2D eigenvalue weighted by molar-refractivity contribution is 5.80. The molecular weight excluding hydrogens is 298 g/mol. The number of nitrogens with zero attached hydrogens (tertiary/aromatic N) is 2. The lowest BCUT2D eigenvalue weighted by atomic mass is 10.0. The van der Waals surface area contributed by atoms with Crippen molar-refractivity contribution in [1.82, 2.24) is 14.6 Å². The Balaban J connectivity index is 2.01. The maximum absolute atomic E-state index is 12.5.